The number of rotatable bonds is 5. The molecule has 0 radical (unpaired) electrons. The number of ether oxygens (including phenoxy) is 2. The van der Waals surface area contributed by atoms with Crippen LogP contribution in [0, 0.1) is 5.82 Å². The van der Waals surface area contributed by atoms with Gasteiger partial charge in [0.05, 0.1) is 16.7 Å². The fraction of sp³-hybridized carbons (Fsp3) is 0.174. The Morgan fingerprint density at radius 3 is 2.52 bits per heavy atom. The number of alkyl halides is 2. The average molecular weight is 458 g/mol. The van der Waals surface area contributed by atoms with Gasteiger partial charge in [0.15, 0.2) is 11.5 Å². The number of hydrogen-bond acceptors (Lipinski definition) is 5. The lowest BCUT2D eigenvalue weighted by molar-refractivity contribution is -0.286. The average Bonchev–Trinajstić information content (AvgIpc) is 3.50. The third-order valence-corrected chi connectivity index (χ3v) is 5.57. The Bertz CT molecular complexity index is 1310. The molecule has 10 heteroatoms. The summed E-state index contributed by atoms with van der Waals surface area (Å²) in [7, 11) is 0. The topological polar surface area (TPSA) is 97.8 Å². The summed E-state index contributed by atoms with van der Waals surface area (Å²) in [6.07, 6.45) is -2.75. The molecule has 2 heterocycles. The van der Waals surface area contributed by atoms with Crippen LogP contribution in [0.5, 0.6) is 11.5 Å². The number of halogens is 3. The summed E-state index contributed by atoms with van der Waals surface area (Å²) < 4.78 is 49.4. The number of carboxylic acids is 1. The Hall–Kier alpha value is -4.08. The number of aromatic carboxylic acids is 1. The molecular weight excluding hydrogens is 441 g/mol. The molecule has 0 saturated heterocycles. The maximum absolute atomic E-state index is 13.9. The number of fused-ring (bicyclic) bond motifs is 1. The van der Waals surface area contributed by atoms with Crippen LogP contribution in [-0.4, -0.2) is 28.3 Å². The second kappa shape index (κ2) is 7.22. The largest absolute Gasteiger partial charge is 0.586 e. The quantitative estimate of drug-likeness (QED) is 0.569. The number of carbonyl (C=O) groups is 2. The zero-order valence-corrected chi connectivity index (χ0v) is 16.8. The van der Waals surface area contributed by atoms with Gasteiger partial charge in [-0.25, -0.2) is 14.2 Å². The molecule has 7 nitrogen and oxygen atoms in total. The number of carboxylic acid groups (broad SMARTS) is 1. The predicted octanol–water partition coefficient (Wildman–Crippen LogP) is 4.82. The predicted molar refractivity (Wildman–Crippen MR) is 111 cm³/mol. The van der Waals surface area contributed by atoms with Gasteiger partial charge in [-0.3, -0.25) is 4.79 Å². The highest BCUT2D eigenvalue weighted by molar-refractivity contribution is 6.01. The van der Waals surface area contributed by atoms with Crippen molar-refractivity contribution in [3.05, 3.63) is 71.5 Å². The normalized spacial score (nSPS) is 16.8. The van der Waals surface area contributed by atoms with Crippen molar-refractivity contribution in [3.8, 4) is 22.8 Å². The summed E-state index contributed by atoms with van der Waals surface area (Å²) in [5.74, 6) is -2.47. The summed E-state index contributed by atoms with van der Waals surface area (Å²) in [6, 6.07) is 12.3. The molecule has 1 aliphatic heterocycles. The van der Waals surface area contributed by atoms with E-state index in [-0.39, 0.29) is 41.5 Å². The molecule has 33 heavy (non-hydrogen) atoms. The van der Waals surface area contributed by atoms with Crippen molar-refractivity contribution in [1.29, 1.82) is 0 Å². The van der Waals surface area contributed by atoms with Crippen LogP contribution >= 0.6 is 0 Å². The van der Waals surface area contributed by atoms with E-state index in [1.165, 1.54) is 24.3 Å². The number of pyridine rings is 1. The van der Waals surface area contributed by atoms with E-state index < -0.39 is 23.5 Å². The van der Waals surface area contributed by atoms with E-state index in [4.69, 9.17) is 5.11 Å². The molecule has 3 aromatic rings. The van der Waals surface area contributed by atoms with Crippen LogP contribution in [0.3, 0.4) is 0 Å². The van der Waals surface area contributed by atoms with Crippen LogP contribution < -0.4 is 14.8 Å². The minimum atomic E-state index is -3.75. The summed E-state index contributed by atoms with van der Waals surface area (Å²) in [6.45, 7) is 0. The second-order valence-electron chi connectivity index (χ2n) is 7.81. The van der Waals surface area contributed by atoms with Crippen LogP contribution in [0.25, 0.3) is 11.3 Å². The standard InChI is InChI=1S/C23H15F3N2O5.H2/c24-15-9-12(8-13(10-15)20(29)30)16-2-1-3-19(27-16)28-21(31)22(6-7-22)14-4-5-17-18(11-14)33-23(25,26)32-17;/h1-5,8-11H,6-7H2,(H,29,30)(H,27,28,31);1H. The van der Waals surface area contributed by atoms with Crippen molar-refractivity contribution >= 4 is 17.7 Å². The van der Waals surface area contributed by atoms with Crippen molar-refractivity contribution < 1.29 is 38.8 Å². The smallest absolute Gasteiger partial charge is 0.478 e. The molecule has 1 aromatic heterocycles. The van der Waals surface area contributed by atoms with Gasteiger partial charge in [0, 0.05) is 6.99 Å². The van der Waals surface area contributed by atoms with Gasteiger partial charge >= 0.3 is 12.3 Å². The molecule has 1 fully saturated rings. The SMILES string of the molecule is O=C(O)c1cc(F)cc(-c2cccc(NC(=O)C3(c4ccc5c(c4)OC(F)(F)O5)CC3)n2)c1.[HH]. The summed E-state index contributed by atoms with van der Waals surface area (Å²) >= 11 is 0. The highest BCUT2D eigenvalue weighted by atomic mass is 19.3. The zero-order chi connectivity index (χ0) is 23.4. The fourth-order valence-electron chi connectivity index (χ4n) is 3.78. The number of benzene rings is 2. The number of hydrogen-bond donors (Lipinski definition) is 2. The van der Waals surface area contributed by atoms with Crippen LogP contribution in [0.1, 0.15) is 30.2 Å². The van der Waals surface area contributed by atoms with Gasteiger partial charge in [0.1, 0.15) is 11.6 Å². The number of aromatic nitrogens is 1. The van der Waals surface area contributed by atoms with Gasteiger partial charge in [-0.15, -0.1) is 8.78 Å². The lowest BCUT2D eigenvalue weighted by atomic mass is 9.94. The van der Waals surface area contributed by atoms with Crippen molar-refractivity contribution in [2.75, 3.05) is 5.32 Å². The highest BCUT2D eigenvalue weighted by Gasteiger charge is 2.53. The number of nitrogens with one attached hydrogen (secondary N) is 1. The summed E-state index contributed by atoms with van der Waals surface area (Å²) in [4.78, 5) is 28.6. The van der Waals surface area contributed by atoms with E-state index in [9.17, 15) is 22.8 Å². The number of amides is 1. The van der Waals surface area contributed by atoms with Gasteiger partial charge < -0.3 is 19.9 Å². The third kappa shape index (κ3) is 3.84. The Labute approximate surface area is 186 Å². The fourth-order valence-corrected chi connectivity index (χ4v) is 3.78. The van der Waals surface area contributed by atoms with Crippen LogP contribution in [0.4, 0.5) is 19.0 Å². The van der Waals surface area contributed by atoms with Crippen LogP contribution in [0.2, 0.25) is 0 Å². The van der Waals surface area contributed by atoms with Crippen LogP contribution in [-0.2, 0) is 10.2 Å². The first-order chi connectivity index (χ1) is 15.6. The molecule has 5 rings (SSSR count). The van der Waals surface area contributed by atoms with E-state index in [2.05, 4.69) is 19.8 Å². The maximum Gasteiger partial charge on any atom is 0.586 e. The molecule has 0 bridgehead atoms. The molecule has 1 saturated carbocycles. The number of carbonyl (C=O) groups excluding carboxylic acids is 1. The van der Waals surface area contributed by atoms with Gasteiger partial charge in [-0.2, -0.15) is 0 Å². The van der Waals surface area contributed by atoms with Crippen LogP contribution in [0.15, 0.2) is 54.6 Å². The molecule has 2 aromatic carbocycles. The van der Waals surface area contributed by atoms with E-state index in [0.29, 0.717) is 18.4 Å². The molecule has 170 valence electrons. The third-order valence-electron chi connectivity index (χ3n) is 5.57. The van der Waals surface area contributed by atoms with Crippen molar-refractivity contribution in [1.82, 2.24) is 4.98 Å². The first kappa shape index (κ1) is 20.8. The van der Waals surface area contributed by atoms with Gasteiger partial charge in [-0.05, 0) is 60.9 Å². The first-order valence-corrected chi connectivity index (χ1v) is 9.88. The van der Waals surface area contributed by atoms with Crippen molar-refractivity contribution in [3.63, 3.8) is 0 Å². The van der Waals surface area contributed by atoms with Gasteiger partial charge in [0.25, 0.3) is 0 Å². The first-order valence-electron chi connectivity index (χ1n) is 9.88. The molecular formula is C23H17F3N2O5. The van der Waals surface area contributed by atoms with E-state index in [1.807, 2.05) is 0 Å². The van der Waals surface area contributed by atoms with Gasteiger partial charge in [-0.1, -0.05) is 12.1 Å². The zero-order valence-electron chi connectivity index (χ0n) is 16.8. The molecule has 0 atom stereocenters. The molecule has 2 aliphatic rings. The molecule has 1 amide bonds. The second-order valence-corrected chi connectivity index (χ2v) is 7.81. The Morgan fingerprint density at radius 1 is 1.03 bits per heavy atom. The van der Waals surface area contributed by atoms with Gasteiger partial charge in [0.2, 0.25) is 5.91 Å². The minimum absolute atomic E-state index is 0. The van der Waals surface area contributed by atoms with Crippen molar-refractivity contribution in [2.24, 2.45) is 0 Å². The Balaban J connectivity index is 0.00000274. The lowest BCUT2D eigenvalue weighted by Gasteiger charge is -2.16. The summed E-state index contributed by atoms with van der Waals surface area (Å²) in [5, 5.41) is 11.9. The molecule has 2 N–H and O–H groups in total. The van der Waals surface area contributed by atoms with E-state index >= 15 is 0 Å². The maximum atomic E-state index is 13.9. The van der Waals surface area contributed by atoms with E-state index in [0.717, 1.165) is 12.1 Å². The Morgan fingerprint density at radius 2 is 1.79 bits per heavy atom. The molecule has 0 spiro atoms. The minimum Gasteiger partial charge on any atom is -0.478 e. The number of anilines is 1. The monoisotopic (exact) mass is 458 g/mol. The molecule has 1 aliphatic carbocycles. The highest BCUT2D eigenvalue weighted by Crippen LogP contribution is 2.52. The lowest BCUT2D eigenvalue weighted by Crippen LogP contribution is -2.28. The summed E-state index contributed by atoms with van der Waals surface area (Å²) in [5.41, 5.74) is -0.145. The molecule has 0 unspecified atom stereocenters. The number of nitrogens with zero attached hydrogens (tertiary/aromatic N) is 1. The van der Waals surface area contributed by atoms with E-state index in [1.54, 1.807) is 18.2 Å². The van der Waals surface area contributed by atoms with Crippen molar-refractivity contribution in [2.45, 2.75) is 24.6 Å². The Kier molecular flexibility index (Phi) is 4.55.